The van der Waals surface area contributed by atoms with E-state index in [1.54, 1.807) is 0 Å². The van der Waals surface area contributed by atoms with Crippen LogP contribution < -0.4 is 16.6 Å². The number of aliphatic hydroxyl groups is 1. The second kappa shape index (κ2) is 8.44. The fraction of sp³-hybridized carbons (Fsp3) is 0.474. The maximum Gasteiger partial charge on any atom is 0.330 e. The third-order valence-corrected chi connectivity index (χ3v) is 4.72. The van der Waals surface area contributed by atoms with Gasteiger partial charge < -0.3 is 15.2 Å². The van der Waals surface area contributed by atoms with Crippen LogP contribution in [0.25, 0.3) is 0 Å². The largest absolute Gasteiger partial charge is 0.390 e. The van der Waals surface area contributed by atoms with E-state index in [4.69, 9.17) is 4.74 Å². The van der Waals surface area contributed by atoms with Gasteiger partial charge in [-0.2, -0.15) is 0 Å². The van der Waals surface area contributed by atoms with Crippen LogP contribution in [0.3, 0.4) is 0 Å². The highest BCUT2D eigenvalue weighted by Gasteiger charge is 2.35. The number of hydrogen-bond donors (Lipinski definition) is 3. The Balaban J connectivity index is 1.56. The Morgan fingerprint density at radius 2 is 2.08 bits per heavy atom. The molecule has 0 amide bonds. The number of aromatic amines is 1. The molecule has 140 valence electrons. The molecule has 3 rings (SSSR count). The first-order chi connectivity index (χ1) is 12.6. The first kappa shape index (κ1) is 18.6. The summed E-state index contributed by atoms with van der Waals surface area (Å²) in [5.41, 5.74) is 0.887. The lowest BCUT2D eigenvalue weighted by molar-refractivity contribution is -0.0192. The number of nitrogens with zero attached hydrogens (tertiary/aromatic N) is 1. The van der Waals surface area contributed by atoms with E-state index in [1.165, 1.54) is 16.3 Å². The average molecular weight is 359 g/mol. The summed E-state index contributed by atoms with van der Waals surface area (Å²) in [6.07, 6.45) is 1.65. The number of ether oxygens (including phenoxy) is 1. The molecule has 26 heavy (non-hydrogen) atoms. The van der Waals surface area contributed by atoms with Crippen molar-refractivity contribution < 1.29 is 9.84 Å². The zero-order chi connectivity index (χ0) is 18.5. The third kappa shape index (κ3) is 4.30. The number of aromatic nitrogens is 2. The molecular weight excluding hydrogens is 334 g/mol. The van der Waals surface area contributed by atoms with Crippen LogP contribution in [-0.2, 0) is 17.6 Å². The van der Waals surface area contributed by atoms with Crippen LogP contribution in [0.4, 0.5) is 0 Å². The number of rotatable bonds is 7. The van der Waals surface area contributed by atoms with Crippen LogP contribution in [-0.4, -0.2) is 40.0 Å². The molecule has 1 aliphatic heterocycles. The van der Waals surface area contributed by atoms with Crippen LogP contribution >= 0.6 is 0 Å². The fourth-order valence-electron chi connectivity index (χ4n) is 3.18. The molecule has 2 aromatic rings. The van der Waals surface area contributed by atoms with Gasteiger partial charge in [0.05, 0.1) is 12.2 Å². The summed E-state index contributed by atoms with van der Waals surface area (Å²) in [5.74, 6) is 0. The first-order valence-electron chi connectivity index (χ1n) is 9.01. The Morgan fingerprint density at radius 1 is 1.31 bits per heavy atom. The highest BCUT2D eigenvalue weighted by atomic mass is 16.5. The van der Waals surface area contributed by atoms with Gasteiger partial charge in [-0.15, -0.1) is 0 Å². The summed E-state index contributed by atoms with van der Waals surface area (Å²) in [5, 5.41) is 13.6. The Bertz CT molecular complexity index is 831. The van der Waals surface area contributed by atoms with Crippen LogP contribution in [0.2, 0.25) is 0 Å². The molecule has 1 saturated heterocycles. The lowest BCUT2D eigenvalue weighted by Crippen LogP contribution is -2.36. The summed E-state index contributed by atoms with van der Waals surface area (Å²) in [6, 6.07) is 10.2. The van der Waals surface area contributed by atoms with Crippen molar-refractivity contribution in [3.8, 4) is 0 Å². The quantitative estimate of drug-likeness (QED) is 0.629. The molecule has 0 bridgehead atoms. The summed E-state index contributed by atoms with van der Waals surface area (Å²) < 4.78 is 7.23. The standard InChI is InChI=1S/C19H25N3O4/c1-2-14-12-22(19(25)21-18(14)24)17-10-15(23)16(26-17)11-20-9-8-13-6-4-3-5-7-13/h3-7,12,15-17,20,23H,2,8-11H2,1H3,(H,21,24,25)/t15-,16+,17+/m0/s1. The van der Waals surface area contributed by atoms with Gasteiger partial charge in [0, 0.05) is 24.7 Å². The van der Waals surface area contributed by atoms with E-state index in [0.29, 0.717) is 24.9 Å². The fourth-order valence-corrected chi connectivity index (χ4v) is 3.18. The van der Waals surface area contributed by atoms with Crippen LogP contribution in [0.1, 0.15) is 30.7 Å². The minimum Gasteiger partial charge on any atom is -0.390 e. The number of aryl methyl sites for hydroxylation is 1. The van der Waals surface area contributed by atoms with E-state index in [2.05, 4.69) is 22.4 Å². The van der Waals surface area contributed by atoms with E-state index in [-0.39, 0.29) is 11.7 Å². The molecule has 1 aromatic carbocycles. The van der Waals surface area contributed by atoms with Crippen molar-refractivity contribution in [1.82, 2.24) is 14.9 Å². The maximum absolute atomic E-state index is 12.1. The molecule has 2 heterocycles. The number of hydrogen-bond acceptors (Lipinski definition) is 5. The normalized spacial score (nSPS) is 22.6. The molecule has 0 aliphatic carbocycles. The molecule has 1 aromatic heterocycles. The highest BCUT2D eigenvalue weighted by Crippen LogP contribution is 2.27. The summed E-state index contributed by atoms with van der Waals surface area (Å²) in [4.78, 5) is 26.1. The van der Waals surface area contributed by atoms with Gasteiger partial charge in [-0.1, -0.05) is 37.3 Å². The predicted molar refractivity (Wildman–Crippen MR) is 98.3 cm³/mol. The molecule has 7 heteroatoms. The number of aliphatic hydroxyl groups excluding tert-OH is 1. The van der Waals surface area contributed by atoms with E-state index in [0.717, 1.165) is 13.0 Å². The average Bonchev–Trinajstić information content (AvgIpc) is 3.00. The minimum absolute atomic E-state index is 0.320. The molecule has 0 saturated carbocycles. The van der Waals surface area contributed by atoms with Gasteiger partial charge in [0.15, 0.2) is 0 Å². The van der Waals surface area contributed by atoms with Gasteiger partial charge in [-0.25, -0.2) is 4.79 Å². The van der Waals surface area contributed by atoms with Crippen molar-refractivity contribution in [3.63, 3.8) is 0 Å². The van der Waals surface area contributed by atoms with Crippen molar-refractivity contribution in [2.75, 3.05) is 13.1 Å². The molecule has 3 N–H and O–H groups in total. The third-order valence-electron chi connectivity index (χ3n) is 4.72. The summed E-state index contributed by atoms with van der Waals surface area (Å²) in [7, 11) is 0. The van der Waals surface area contributed by atoms with Gasteiger partial charge in [-0.3, -0.25) is 14.3 Å². The Hall–Kier alpha value is -2.22. The lowest BCUT2D eigenvalue weighted by Gasteiger charge is -2.17. The first-order valence-corrected chi connectivity index (χ1v) is 9.01. The predicted octanol–water partition coefficient (Wildman–Crippen LogP) is 0.580. The maximum atomic E-state index is 12.1. The lowest BCUT2D eigenvalue weighted by atomic mass is 10.1. The van der Waals surface area contributed by atoms with Crippen molar-refractivity contribution in [1.29, 1.82) is 0 Å². The smallest absolute Gasteiger partial charge is 0.330 e. The molecule has 0 radical (unpaired) electrons. The van der Waals surface area contributed by atoms with E-state index < -0.39 is 18.0 Å². The zero-order valence-electron chi connectivity index (χ0n) is 14.9. The topological polar surface area (TPSA) is 96.3 Å². The summed E-state index contributed by atoms with van der Waals surface area (Å²) in [6.45, 7) is 3.13. The molecule has 1 fully saturated rings. The number of H-pyrrole nitrogens is 1. The molecule has 0 unspecified atom stereocenters. The molecule has 7 nitrogen and oxygen atoms in total. The Labute approximate surface area is 151 Å². The summed E-state index contributed by atoms with van der Waals surface area (Å²) >= 11 is 0. The van der Waals surface area contributed by atoms with Gasteiger partial charge in [-0.05, 0) is 24.9 Å². The van der Waals surface area contributed by atoms with Gasteiger partial charge in [0.2, 0.25) is 0 Å². The number of nitrogens with one attached hydrogen (secondary N) is 2. The molecule has 1 aliphatic rings. The van der Waals surface area contributed by atoms with E-state index >= 15 is 0 Å². The minimum atomic E-state index is -0.659. The molecule has 0 spiro atoms. The van der Waals surface area contributed by atoms with E-state index in [9.17, 15) is 14.7 Å². The van der Waals surface area contributed by atoms with Gasteiger partial charge in [0.1, 0.15) is 6.23 Å². The van der Waals surface area contributed by atoms with Crippen molar-refractivity contribution in [3.05, 3.63) is 68.5 Å². The second-order valence-corrected chi connectivity index (χ2v) is 6.55. The highest BCUT2D eigenvalue weighted by molar-refractivity contribution is 5.14. The van der Waals surface area contributed by atoms with Gasteiger partial charge in [0.25, 0.3) is 5.56 Å². The van der Waals surface area contributed by atoms with Crippen LogP contribution in [0.15, 0.2) is 46.1 Å². The Kier molecular flexibility index (Phi) is 6.03. The molecule has 3 atom stereocenters. The molecular formula is C19H25N3O4. The van der Waals surface area contributed by atoms with Crippen molar-refractivity contribution >= 4 is 0 Å². The Morgan fingerprint density at radius 3 is 2.81 bits per heavy atom. The zero-order valence-corrected chi connectivity index (χ0v) is 14.9. The van der Waals surface area contributed by atoms with Gasteiger partial charge >= 0.3 is 5.69 Å². The van der Waals surface area contributed by atoms with Crippen LogP contribution in [0, 0.1) is 0 Å². The number of benzene rings is 1. The second-order valence-electron chi connectivity index (χ2n) is 6.55. The van der Waals surface area contributed by atoms with Crippen LogP contribution in [0.5, 0.6) is 0 Å². The monoisotopic (exact) mass is 359 g/mol. The van der Waals surface area contributed by atoms with E-state index in [1.807, 2.05) is 25.1 Å². The van der Waals surface area contributed by atoms with Crippen molar-refractivity contribution in [2.24, 2.45) is 0 Å². The SMILES string of the molecule is CCc1cn([C@H]2C[C@H](O)[C@@H](CNCCc3ccccc3)O2)c(=O)[nH]c1=O. The van der Waals surface area contributed by atoms with Crippen molar-refractivity contribution in [2.45, 2.75) is 44.6 Å².